The fourth-order valence-corrected chi connectivity index (χ4v) is 1.32. The van der Waals surface area contributed by atoms with Crippen molar-refractivity contribution in [2.45, 2.75) is 11.7 Å². The van der Waals surface area contributed by atoms with Crippen LogP contribution in [0.25, 0.3) is 0 Å². The number of rotatable bonds is 4. The fourth-order valence-electron chi connectivity index (χ4n) is 0.835. The van der Waals surface area contributed by atoms with Gasteiger partial charge in [0.25, 0.3) is 5.16 Å². The van der Waals surface area contributed by atoms with Gasteiger partial charge < -0.3 is 14.9 Å². The highest BCUT2D eigenvalue weighted by Crippen LogP contribution is 2.15. The molecule has 0 aliphatic carbocycles. The number of hydrogen-bond acceptors (Lipinski definition) is 7. The van der Waals surface area contributed by atoms with Crippen LogP contribution in [0.3, 0.4) is 0 Å². The van der Waals surface area contributed by atoms with E-state index in [1.807, 2.05) is 0 Å². The van der Waals surface area contributed by atoms with E-state index in [-0.39, 0.29) is 6.54 Å². The quantitative estimate of drug-likeness (QED) is 0.313. The molecule has 1 aromatic rings. The lowest BCUT2D eigenvalue weighted by Crippen LogP contribution is -2.13. The maximum atomic E-state index is 10.9. The van der Waals surface area contributed by atoms with Crippen molar-refractivity contribution in [2.24, 2.45) is 0 Å². The molecule has 0 saturated carbocycles. The lowest BCUT2D eigenvalue weighted by molar-refractivity contribution is -0.394. The molecule has 1 aromatic heterocycles. The van der Waals surface area contributed by atoms with Gasteiger partial charge >= 0.3 is 11.9 Å². The van der Waals surface area contributed by atoms with E-state index in [0.29, 0.717) is 5.16 Å². The minimum absolute atomic E-state index is 0.187. The number of methoxy groups -OCH3 is 1. The second-order valence-electron chi connectivity index (χ2n) is 2.39. The van der Waals surface area contributed by atoms with E-state index in [1.165, 1.54) is 7.11 Å². The van der Waals surface area contributed by atoms with Crippen molar-refractivity contribution >= 4 is 23.7 Å². The monoisotopic (exact) mass is 232 g/mol. The Morgan fingerprint density at radius 1 is 1.73 bits per heavy atom. The summed E-state index contributed by atoms with van der Waals surface area (Å²) < 4.78 is 5.55. The molecule has 9 heteroatoms. The number of nitro groups is 1. The molecule has 0 aromatic carbocycles. The van der Waals surface area contributed by atoms with Gasteiger partial charge in [0.2, 0.25) is 0 Å². The molecule has 82 valence electrons. The average Bonchev–Trinajstić information content (AvgIpc) is 2.61. The first-order valence-corrected chi connectivity index (χ1v) is 5.01. The van der Waals surface area contributed by atoms with Crippen molar-refractivity contribution in [1.29, 1.82) is 0 Å². The SMILES string of the molecule is COC(=O)Cn1nc([N+](=O)[O-])nc1SC. The molecular weight excluding hydrogens is 224 g/mol. The third kappa shape index (κ3) is 2.65. The van der Waals surface area contributed by atoms with Gasteiger partial charge in [0, 0.05) is 5.10 Å². The van der Waals surface area contributed by atoms with Crippen LogP contribution in [0.15, 0.2) is 5.16 Å². The highest BCUT2D eigenvalue weighted by Gasteiger charge is 2.22. The van der Waals surface area contributed by atoms with E-state index >= 15 is 0 Å². The van der Waals surface area contributed by atoms with E-state index in [1.54, 1.807) is 6.26 Å². The number of nitrogens with zero attached hydrogens (tertiary/aromatic N) is 4. The Bertz CT molecular complexity index is 390. The third-order valence-corrected chi connectivity index (χ3v) is 2.15. The standard InChI is InChI=1S/C6H8N4O4S/c1-14-4(11)3-9-6(15-2)7-5(8-9)10(12)13/h3H2,1-2H3. The van der Waals surface area contributed by atoms with Crippen molar-refractivity contribution in [3.63, 3.8) is 0 Å². The highest BCUT2D eigenvalue weighted by atomic mass is 32.2. The van der Waals surface area contributed by atoms with Gasteiger partial charge in [-0.25, -0.2) is 0 Å². The van der Waals surface area contributed by atoms with E-state index in [2.05, 4.69) is 14.8 Å². The highest BCUT2D eigenvalue weighted by molar-refractivity contribution is 7.98. The van der Waals surface area contributed by atoms with Gasteiger partial charge in [-0.15, -0.1) is 4.68 Å². The first-order chi connectivity index (χ1) is 7.08. The zero-order chi connectivity index (χ0) is 11.4. The molecular formula is C6H8N4O4S. The van der Waals surface area contributed by atoms with Gasteiger partial charge in [-0.3, -0.25) is 4.79 Å². The van der Waals surface area contributed by atoms with E-state index in [0.717, 1.165) is 16.4 Å². The maximum Gasteiger partial charge on any atom is 0.492 e. The molecule has 0 radical (unpaired) electrons. The second-order valence-corrected chi connectivity index (χ2v) is 3.16. The number of esters is 1. The predicted octanol–water partition coefficient (Wildman–Crippen LogP) is 0.0812. The summed E-state index contributed by atoms with van der Waals surface area (Å²) in [6.07, 6.45) is 1.68. The van der Waals surface area contributed by atoms with E-state index < -0.39 is 16.8 Å². The third-order valence-electron chi connectivity index (χ3n) is 1.48. The molecule has 0 bridgehead atoms. The lowest BCUT2D eigenvalue weighted by Gasteiger charge is -1.96. The predicted molar refractivity (Wildman–Crippen MR) is 50.5 cm³/mol. The van der Waals surface area contributed by atoms with Crippen LogP contribution in [-0.4, -0.2) is 39.0 Å². The molecule has 0 atom stereocenters. The fraction of sp³-hybridized carbons (Fsp3) is 0.500. The molecule has 0 spiro atoms. The van der Waals surface area contributed by atoms with Crippen molar-refractivity contribution < 1.29 is 14.5 Å². The summed E-state index contributed by atoms with van der Waals surface area (Å²) in [5.74, 6) is -1.06. The first kappa shape index (κ1) is 11.4. The van der Waals surface area contributed by atoms with Gasteiger partial charge in [0.1, 0.15) is 0 Å². The van der Waals surface area contributed by atoms with Gasteiger partial charge in [0.05, 0.1) is 7.11 Å². The van der Waals surface area contributed by atoms with Crippen LogP contribution in [0.1, 0.15) is 0 Å². The summed E-state index contributed by atoms with van der Waals surface area (Å²) in [5.41, 5.74) is 0. The number of carbonyl (C=O) groups excluding carboxylic acids is 1. The average molecular weight is 232 g/mol. The van der Waals surface area contributed by atoms with Crippen LogP contribution in [0.4, 0.5) is 5.95 Å². The molecule has 0 N–H and O–H groups in total. The molecule has 0 fully saturated rings. The van der Waals surface area contributed by atoms with E-state index in [9.17, 15) is 14.9 Å². The summed E-state index contributed by atoms with van der Waals surface area (Å²) in [6, 6.07) is 0. The van der Waals surface area contributed by atoms with Gasteiger partial charge in [-0.2, -0.15) is 0 Å². The zero-order valence-electron chi connectivity index (χ0n) is 8.04. The Balaban J connectivity index is 2.95. The van der Waals surface area contributed by atoms with Crippen LogP contribution in [0.2, 0.25) is 0 Å². The number of thioether (sulfide) groups is 1. The normalized spacial score (nSPS) is 10.0. The van der Waals surface area contributed by atoms with Crippen molar-refractivity contribution in [3.8, 4) is 0 Å². The molecule has 8 nitrogen and oxygen atoms in total. The van der Waals surface area contributed by atoms with E-state index in [4.69, 9.17) is 0 Å². The number of aromatic nitrogens is 3. The van der Waals surface area contributed by atoms with Gasteiger partial charge in [-0.1, -0.05) is 11.8 Å². The summed E-state index contributed by atoms with van der Waals surface area (Å²) in [5, 5.41) is 14.2. The Kier molecular flexibility index (Phi) is 3.61. The summed E-state index contributed by atoms with van der Waals surface area (Å²) in [4.78, 5) is 24.2. The van der Waals surface area contributed by atoms with Gasteiger partial charge in [0.15, 0.2) is 6.54 Å². The Hall–Kier alpha value is -1.64. The number of carbonyl (C=O) groups is 1. The molecule has 0 aliphatic heterocycles. The minimum Gasteiger partial charge on any atom is -0.468 e. The first-order valence-electron chi connectivity index (χ1n) is 3.78. The molecule has 0 aliphatic rings. The largest absolute Gasteiger partial charge is 0.492 e. The van der Waals surface area contributed by atoms with Crippen LogP contribution in [-0.2, 0) is 16.1 Å². The Morgan fingerprint density at radius 2 is 2.40 bits per heavy atom. The molecule has 1 heterocycles. The second kappa shape index (κ2) is 4.73. The van der Waals surface area contributed by atoms with Crippen LogP contribution >= 0.6 is 11.8 Å². The summed E-state index contributed by atoms with van der Waals surface area (Å²) in [7, 11) is 1.23. The Labute approximate surface area is 88.8 Å². The number of ether oxygens (including phenoxy) is 1. The summed E-state index contributed by atoms with van der Waals surface area (Å²) >= 11 is 1.16. The van der Waals surface area contributed by atoms with Crippen LogP contribution < -0.4 is 0 Å². The molecule has 1 rings (SSSR count). The van der Waals surface area contributed by atoms with Crippen LogP contribution in [0.5, 0.6) is 0 Å². The zero-order valence-corrected chi connectivity index (χ0v) is 8.85. The van der Waals surface area contributed by atoms with Crippen molar-refractivity contribution in [3.05, 3.63) is 10.1 Å². The maximum absolute atomic E-state index is 10.9. The smallest absolute Gasteiger partial charge is 0.468 e. The molecule has 0 saturated heterocycles. The number of hydrogen-bond donors (Lipinski definition) is 0. The minimum atomic E-state index is -0.715. The van der Waals surface area contributed by atoms with Crippen molar-refractivity contribution in [1.82, 2.24) is 14.8 Å². The molecule has 0 unspecified atom stereocenters. The Morgan fingerprint density at radius 3 is 2.87 bits per heavy atom. The van der Waals surface area contributed by atoms with Crippen LogP contribution in [0, 0.1) is 10.1 Å². The van der Waals surface area contributed by atoms with Crippen molar-refractivity contribution in [2.75, 3.05) is 13.4 Å². The molecule has 15 heavy (non-hydrogen) atoms. The summed E-state index contributed by atoms with van der Waals surface area (Å²) in [6.45, 7) is -0.187. The topological polar surface area (TPSA) is 100 Å². The van der Waals surface area contributed by atoms with Gasteiger partial charge in [-0.05, 0) is 16.2 Å². The molecule has 0 amide bonds. The lowest BCUT2D eigenvalue weighted by atomic mass is 10.7.